The van der Waals surface area contributed by atoms with E-state index < -0.39 is 515 Å². The Balaban J connectivity index is 0.000000209. The fourth-order valence-electron chi connectivity index (χ4n) is 14.4. The zero-order chi connectivity index (χ0) is 136. The van der Waals surface area contributed by atoms with Crippen LogP contribution < -0.4 is 9.80 Å². The number of fused-ring (bicyclic) bond motifs is 12. The zero-order valence-electron chi connectivity index (χ0n) is 126. The summed E-state index contributed by atoms with van der Waals surface area (Å²) in [5.74, 6) is 0. The quantitative estimate of drug-likeness (QED) is 0.108. The van der Waals surface area contributed by atoms with Crippen molar-refractivity contribution in [3.8, 4) is 100 Å². The Morgan fingerprint density at radius 3 is 1.28 bits per heavy atom. The van der Waals surface area contributed by atoms with Crippen LogP contribution in [-0.4, -0.2) is 9.13 Å². The van der Waals surface area contributed by atoms with E-state index in [4.69, 9.17) is 57.6 Å². The molecular weight excluding hydrogens is 1430 g/mol. The summed E-state index contributed by atoms with van der Waals surface area (Å²) in [4.78, 5) is 0.726. The fraction of sp³-hybridized carbons (Fsp3) is 0.0526. The van der Waals surface area contributed by atoms with Crippen LogP contribution in [0.2, 0.25) is 0 Å². The number of para-hydroxylation sites is 4. The SMILES string of the molecule is [2H]c1c(-c2c([2H])c([2H])c([2H])c([2H])c2[2H])cc(N(c2c([2H])c([2H])c(-c3c([2H])c([2H])c4c(c3[2H])c3c([2H])c([2H])c([2H])c([2H])c3n4-c3c([2H])c([2H])c([2H])c([2H])c3-c3c([2H])c([2H])c([2H])c([2H])c3[2H])c([2H])c2[2H])c2c([2H])c([2H])c3c(c2[2H])C(C([2H])([2H])[2H])(C([2H])([2H])[2H])c2c([2H])c([2H])c([2H])c([2H])c2-3)c([2H])c1[2H].[2H]c1c(-c2c([2H])c([2H])c([2H])c([2H])c2[2H])cc(N(c2c([2H])c([2H])c(-c3ccc4c(c3)c3ccccc3n4-c3ccccc3-c3ccccc3)c([2H])c2[2H])c2c([2H])c([2H])c3c(c2[2H])C(C([2H])([2H])[2H])(C([2H])([2H])[2H])c2c([2H])c([2H])c([2H])c([2H])c2-3)c([2H])c1[2H]. The molecule has 0 radical (unpaired) electrons. The fourth-order valence-corrected chi connectivity index (χ4v) is 14.4. The van der Waals surface area contributed by atoms with Crippen molar-refractivity contribution in [3.05, 3.63) is 458 Å². The van der Waals surface area contributed by atoms with Gasteiger partial charge in [-0.15, -0.1) is 0 Å². The van der Waals surface area contributed by atoms with Gasteiger partial charge in [-0.05, 0) is 221 Å². The van der Waals surface area contributed by atoms with E-state index in [-0.39, 0.29) is 16.0 Å². The molecule has 4 nitrogen and oxygen atoms in total. The molecule has 2 aromatic heterocycles. The van der Waals surface area contributed by atoms with Gasteiger partial charge in [-0.3, -0.25) is 0 Å². The molecule has 18 aromatic carbocycles. The third kappa shape index (κ3) is 12.3. The lowest BCUT2D eigenvalue weighted by atomic mass is 9.82. The zero-order valence-corrected chi connectivity index (χ0v) is 60.2. The molecule has 0 aliphatic heterocycles. The molecule has 22 rings (SSSR count). The van der Waals surface area contributed by atoms with Gasteiger partial charge in [0.2, 0.25) is 0 Å². The van der Waals surface area contributed by atoms with E-state index in [1.54, 1.807) is 18.2 Å². The molecule has 0 saturated heterocycles. The van der Waals surface area contributed by atoms with Gasteiger partial charge in [0.25, 0.3) is 0 Å². The Labute approximate surface area is 782 Å². The van der Waals surface area contributed by atoms with Gasteiger partial charge in [-0.2, -0.15) is 0 Å². The molecule has 4 heteroatoms. The molecule has 0 amide bonds. The van der Waals surface area contributed by atoms with Crippen molar-refractivity contribution in [3.63, 3.8) is 0 Å². The molecule has 0 atom stereocenters. The minimum Gasteiger partial charge on any atom is -0.310 e. The van der Waals surface area contributed by atoms with Crippen LogP contribution in [-0.2, 0) is 10.8 Å². The minimum atomic E-state index is -4.08. The normalized spacial score (nSPS) is 21.1. The van der Waals surface area contributed by atoms with E-state index in [0.29, 0.717) is 26.4 Å². The Hall–Kier alpha value is -14.8. The Morgan fingerprint density at radius 1 is 0.220 bits per heavy atom. The molecule has 20 aromatic rings. The van der Waals surface area contributed by atoms with E-state index in [0.717, 1.165) is 33.8 Å². The highest BCUT2D eigenvalue weighted by Gasteiger charge is 2.38. The second-order valence-electron chi connectivity index (χ2n) is 26.4. The highest BCUT2D eigenvalue weighted by atomic mass is 15.1. The van der Waals surface area contributed by atoms with Crippen LogP contribution >= 0.6 is 0 Å². The molecular formula is C114H84N4. The van der Waals surface area contributed by atoms with Crippen LogP contribution in [0.25, 0.3) is 144 Å². The summed E-state index contributed by atoms with van der Waals surface area (Å²) in [6, 6.07) is -28.9. The first-order valence-electron chi connectivity index (χ1n) is 68.6. The third-order valence-electron chi connectivity index (χ3n) is 19.7. The Kier molecular flexibility index (Phi) is 7.45. The maximum Gasteiger partial charge on any atom is 0.0648 e. The van der Waals surface area contributed by atoms with Crippen LogP contribution in [0.1, 0.15) is 140 Å². The van der Waals surface area contributed by atoms with Crippen molar-refractivity contribution < 1.29 is 90.5 Å². The average molecular weight is 1580 g/mol. The molecule has 2 aliphatic rings. The summed E-state index contributed by atoms with van der Waals surface area (Å²) >= 11 is 0. The largest absolute Gasteiger partial charge is 0.310 e. The monoisotopic (exact) mass is 1580 g/mol. The van der Waals surface area contributed by atoms with Crippen molar-refractivity contribution in [2.45, 2.75) is 38.2 Å². The molecule has 2 aliphatic carbocycles. The van der Waals surface area contributed by atoms with Gasteiger partial charge >= 0.3 is 0 Å². The van der Waals surface area contributed by atoms with Crippen LogP contribution in [0.3, 0.4) is 0 Å². The summed E-state index contributed by atoms with van der Waals surface area (Å²) in [5, 5.41) is -0.286. The minimum absolute atomic E-state index is 0.152. The van der Waals surface area contributed by atoms with Gasteiger partial charge in [-0.25, -0.2) is 0 Å². The molecule has 0 fully saturated rings. The second-order valence-corrected chi connectivity index (χ2v) is 26.4. The highest BCUT2D eigenvalue weighted by molar-refractivity contribution is 6.13. The predicted octanol–water partition coefficient (Wildman–Crippen LogP) is 31.1. The van der Waals surface area contributed by atoms with E-state index >= 15 is 0 Å². The predicted molar refractivity (Wildman–Crippen MR) is 499 cm³/mol. The maximum atomic E-state index is 10.1. The lowest BCUT2D eigenvalue weighted by Crippen LogP contribution is -2.16. The van der Waals surface area contributed by atoms with E-state index in [1.807, 2.05) is 78.9 Å². The lowest BCUT2D eigenvalue weighted by Gasteiger charge is -2.28. The van der Waals surface area contributed by atoms with Gasteiger partial charge < -0.3 is 18.9 Å². The summed E-state index contributed by atoms with van der Waals surface area (Å²) in [6.45, 7) is -16.0. The summed E-state index contributed by atoms with van der Waals surface area (Å²) in [7, 11) is 0. The van der Waals surface area contributed by atoms with Crippen molar-refractivity contribution in [1.29, 1.82) is 0 Å². The van der Waals surface area contributed by atoms with Crippen molar-refractivity contribution >= 4 is 77.7 Å². The Morgan fingerprint density at radius 2 is 0.669 bits per heavy atom. The smallest absolute Gasteiger partial charge is 0.0648 e. The molecule has 0 unspecified atom stereocenters. The third-order valence-corrected chi connectivity index (χ3v) is 19.7. The number of hydrogen-bond donors (Lipinski definition) is 0. The number of hydrogen-bond acceptors (Lipinski definition) is 2. The number of anilines is 6. The highest BCUT2D eigenvalue weighted by Crippen LogP contribution is 2.54. The molecule has 0 spiro atoms. The Bertz CT molecular complexity index is 11100. The molecule has 2 heterocycles. The molecule has 560 valence electrons. The topological polar surface area (TPSA) is 16.3 Å². The molecule has 118 heavy (non-hydrogen) atoms. The van der Waals surface area contributed by atoms with Gasteiger partial charge in [0.15, 0.2) is 0 Å². The first-order chi connectivity index (χ1) is 85.5. The van der Waals surface area contributed by atoms with Gasteiger partial charge in [0.05, 0.1) is 107 Å². The van der Waals surface area contributed by atoms with Crippen LogP contribution in [0.4, 0.5) is 34.1 Å². The lowest BCUT2D eigenvalue weighted by molar-refractivity contribution is 0.660. The number of aromatic nitrogens is 2. The van der Waals surface area contributed by atoms with Crippen molar-refractivity contribution in [2.24, 2.45) is 0 Å². The van der Waals surface area contributed by atoms with Crippen LogP contribution in [0, 0.1) is 0 Å². The van der Waals surface area contributed by atoms with Gasteiger partial charge in [0.1, 0.15) is 0 Å². The summed E-state index contributed by atoms with van der Waals surface area (Å²) in [5.41, 5.74) is -28.8. The summed E-state index contributed by atoms with van der Waals surface area (Å²) in [6.07, 6.45) is 0. The van der Waals surface area contributed by atoms with Gasteiger partial charge in [0, 0.05) is 94.1 Å². The average Bonchev–Trinajstić information content (AvgIpc) is 1.49. The molecule has 0 saturated carbocycles. The maximum absolute atomic E-state index is 10.1. The summed E-state index contributed by atoms with van der Waals surface area (Å²) < 4.78 is 605. The van der Waals surface area contributed by atoms with Crippen molar-refractivity contribution in [1.82, 2.24) is 9.13 Å². The van der Waals surface area contributed by atoms with E-state index in [9.17, 15) is 32.9 Å². The second kappa shape index (κ2) is 29.2. The van der Waals surface area contributed by atoms with Crippen molar-refractivity contribution in [2.75, 3.05) is 9.80 Å². The number of rotatable bonds is 14. The standard InChI is InChI=1S/2C57H42N2/c2*1-57(2)52-25-12-9-23-48(52)49-34-33-46(38-53(49)57)58(45-21-15-20-42(36-45)39-16-5-3-6-17-39)44-31-28-40(29-32-44)43-30-35-56-51(37-43)50-24-11-14-27-55(50)59(56)54-26-13-10-22-47(54)41-18-7-4-8-19-41/h2*3-38H,1-2H3/i1D3,2D3,3D,4D,5D,6D,7D,8D,9D,10D,11D,12D,13D,14D,15D,16D,17D,18D,19D,20D,21D,22D,23D,24D,25D,26D,27D,28D,29D,30D,31D,32D,33D,34D,35D,37D,38D;1D3,2D3,3D,5D,6D,9D,12D,15D,16D,17D,20D,21D,23D,25D,28D,29D,31D,32D,33D,34D,38D. The van der Waals surface area contributed by atoms with E-state index in [2.05, 4.69) is 4.57 Å². The van der Waals surface area contributed by atoms with Crippen LogP contribution in [0.15, 0.2) is 435 Å². The first-order valence-corrected chi connectivity index (χ1v) is 35.6. The molecule has 0 bridgehead atoms. The van der Waals surface area contributed by atoms with Crippen LogP contribution in [0.5, 0.6) is 0 Å². The number of benzene rings is 18. The number of nitrogens with zero attached hydrogens (tertiary/aromatic N) is 4. The molecule has 0 N–H and O–H groups in total. The first kappa shape index (κ1) is 30.1. The van der Waals surface area contributed by atoms with Gasteiger partial charge in [-0.1, -0.05) is 342 Å². The van der Waals surface area contributed by atoms with E-state index in [1.165, 1.54) is 0 Å².